The highest BCUT2D eigenvalue weighted by Crippen LogP contribution is 2.25. The lowest BCUT2D eigenvalue weighted by Gasteiger charge is -2.24. The van der Waals surface area contributed by atoms with Gasteiger partial charge in [-0.15, -0.1) is 0 Å². The smallest absolute Gasteiger partial charge is 0.120 e. The maximum atomic E-state index is 6.09. The number of nitrogens with one attached hydrogen (secondary N) is 2. The summed E-state index contributed by atoms with van der Waals surface area (Å²) in [6.07, 6.45) is 2.14. The molecule has 4 N–H and O–H groups in total. The molecule has 3 rings (SSSR count). The number of aromatic amines is 1. The van der Waals surface area contributed by atoms with Gasteiger partial charge in [0.05, 0.1) is 24.4 Å². The molecule has 1 saturated heterocycles. The Labute approximate surface area is 136 Å². The lowest BCUT2D eigenvalue weighted by atomic mass is 10.1. The molecule has 2 aromatic rings. The average Bonchev–Trinajstić information content (AvgIpc) is 2.96. The molecule has 126 valence electrons. The van der Waals surface area contributed by atoms with Crippen molar-refractivity contribution in [1.29, 1.82) is 0 Å². The molecule has 1 aliphatic heterocycles. The van der Waals surface area contributed by atoms with Crippen molar-refractivity contribution in [2.24, 2.45) is 5.73 Å². The van der Waals surface area contributed by atoms with Crippen LogP contribution in [0.15, 0.2) is 18.2 Å². The van der Waals surface area contributed by atoms with E-state index in [1.807, 2.05) is 12.1 Å². The van der Waals surface area contributed by atoms with Gasteiger partial charge < -0.3 is 20.5 Å². The van der Waals surface area contributed by atoms with Gasteiger partial charge in [-0.1, -0.05) is 0 Å². The number of fused-ring (bicyclic) bond motifs is 1. The first kappa shape index (κ1) is 16.2. The molecule has 1 aromatic carbocycles. The summed E-state index contributed by atoms with van der Waals surface area (Å²) in [4.78, 5) is 0. The zero-order valence-electron chi connectivity index (χ0n) is 13.9. The SMILES string of the molecule is CC(C)(CN)NCc1[nH]nc2ccc(OC3CCOCC3)cc12. The Balaban J connectivity index is 1.74. The van der Waals surface area contributed by atoms with Crippen molar-refractivity contribution in [1.82, 2.24) is 15.5 Å². The first-order chi connectivity index (χ1) is 11.1. The summed E-state index contributed by atoms with van der Waals surface area (Å²) >= 11 is 0. The molecular weight excluding hydrogens is 292 g/mol. The fraction of sp³-hybridized carbons (Fsp3) is 0.588. The molecule has 6 heteroatoms. The molecule has 2 heterocycles. The maximum Gasteiger partial charge on any atom is 0.120 e. The number of nitrogens with zero attached hydrogens (tertiary/aromatic N) is 1. The van der Waals surface area contributed by atoms with E-state index in [0.29, 0.717) is 13.1 Å². The molecule has 0 unspecified atom stereocenters. The van der Waals surface area contributed by atoms with Crippen molar-refractivity contribution in [3.05, 3.63) is 23.9 Å². The van der Waals surface area contributed by atoms with Crippen molar-refractivity contribution >= 4 is 10.9 Å². The average molecular weight is 318 g/mol. The van der Waals surface area contributed by atoms with Gasteiger partial charge in [0.1, 0.15) is 11.9 Å². The summed E-state index contributed by atoms with van der Waals surface area (Å²) in [5, 5.41) is 12.0. The van der Waals surface area contributed by atoms with E-state index < -0.39 is 0 Å². The highest BCUT2D eigenvalue weighted by atomic mass is 16.5. The lowest BCUT2D eigenvalue weighted by molar-refractivity contribution is 0.0256. The Morgan fingerprint density at radius 1 is 1.39 bits per heavy atom. The van der Waals surface area contributed by atoms with Gasteiger partial charge in [0.15, 0.2) is 0 Å². The van der Waals surface area contributed by atoms with Gasteiger partial charge in [-0.3, -0.25) is 5.10 Å². The third-order valence-electron chi connectivity index (χ3n) is 4.33. The minimum absolute atomic E-state index is 0.104. The van der Waals surface area contributed by atoms with Crippen LogP contribution in [0, 0.1) is 0 Å². The van der Waals surface area contributed by atoms with E-state index >= 15 is 0 Å². The van der Waals surface area contributed by atoms with Crippen LogP contribution in [0.4, 0.5) is 0 Å². The van der Waals surface area contributed by atoms with Gasteiger partial charge in [0, 0.05) is 36.9 Å². The molecule has 6 nitrogen and oxygen atoms in total. The van der Waals surface area contributed by atoms with Crippen LogP contribution in [0.1, 0.15) is 32.4 Å². The van der Waals surface area contributed by atoms with E-state index in [-0.39, 0.29) is 11.6 Å². The summed E-state index contributed by atoms with van der Waals surface area (Å²) in [5.41, 5.74) is 7.67. The van der Waals surface area contributed by atoms with E-state index in [1.165, 1.54) is 0 Å². The number of hydrogen-bond acceptors (Lipinski definition) is 5. The minimum Gasteiger partial charge on any atom is -0.490 e. The van der Waals surface area contributed by atoms with Crippen molar-refractivity contribution in [3.8, 4) is 5.75 Å². The Bertz CT molecular complexity index is 647. The number of aromatic nitrogens is 2. The number of H-pyrrole nitrogens is 1. The fourth-order valence-corrected chi connectivity index (χ4v) is 2.64. The number of rotatable bonds is 6. The summed E-state index contributed by atoms with van der Waals surface area (Å²) in [7, 11) is 0. The molecule has 0 atom stereocenters. The molecular formula is C17H26N4O2. The van der Waals surface area contributed by atoms with E-state index in [1.54, 1.807) is 0 Å². The van der Waals surface area contributed by atoms with Crippen molar-refractivity contribution in [3.63, 3.8) is 0 Å². The maximum absolute atomic E-state index is 6.09. The summed E-state index contributed by atoms with van der Waals surface area (Å²) in [6.45, 7) is 7.01. The second kappa shape index (κ2) is 6.86. The Hall–Kier alpha value is -1.63. The third kappa shape index (κ3) is 4.02. The third-order valence-corrected chi connectivity index (χ3v) is 4.33. The summed E-state index contributed by atoms with van der Waals surface area (Å²) in [5.74, 6) is 0.894. The van der Waals surface area contributed by atoms with Gasteiger partial charge in [0.2, 0.25) is 0 Å². The van der Waals surface area contributed by atoms with Crippen LogP contribution in [-0.2, 0) is 11.3 Å². The quantitative estimate of drug-likeness (QED) is 0.758. The molecule has 0 aliphatic carbocycles. The van der Waals surface area contributed by atoms with Gasteiger partial charge in [-0.25, -0.2) is 0 Å². The zero-order chi connectivity index (χ0) is 16.3. The monoisotopic (exact) mass is 318 g/mol. The van der Waals surface area contributed by atoms with Crippen LogP contribution in [0.3, 0.4) is 0 Å². The predicted octanol–water partition coefficient (Wildman–Crippen LogP) is 1.95. The second-order valence-corrected chi connectivity index (χ2v) is 6.75. The second-order valence-electron chi connectivity index (χ2n) is 6.75. The summed E-state index contributed by atoms with van der Waals surface area (Å²) < 4.78 is 11.5. The van der Waals surface area contributed by atoms with Gasteiger partial charge >= 0.3 is 0 Å². The standard InChI is InChI=1S/C17H26N4O2/c1-17(2,11-18)19-10-16-14-9-13(3-4-15(14)20-21-16)23-12-5-7-22-8-6-12/h3-4,9,12,19H,5-8,10-11,18H2,1-2H3,(H,20,21). The fourth-order valence-electron chi connectivity index (χ4n) is 2.64. The van der Waals surface area contributed by atoms with Crippen LogP contribution in [0.25, 0.3) is 10.9 Å². The first-order valence-corrected chi connectivity index (χ1v) is 8.24. The molecule has 0 amide bonds. The molecule has 0 bridgehead atoms. The molecule has 0 spiro atoms. The molecule has 0 saturated carbocycles. The molecule has 0 radical (unpaired) electrons. The Morgan fingerprint density at radius 3 is 2.91 bits per heavy atom. The van der Waals surface area contributed by atoms with Crippen molar-refractivity contribution < 1.29 is 9.47 Å². The van der Waals surface area contributed by atoms with E-state index in [2.05, 4.69) is 35.4 Å². The topological polar surface area (TPSA) is 85.2 Å². The highest BCUT2D eigenvalue weighted by Gasteiger charge is 2.18. The van der Waals surface area contributed by atoms with Gasteiger partial charge in [-0.05, 0) is 32.0 Å². The van der Waals surface area contributed by atoms with Crippen molar-refractivity contribution in [2.75, 3.05) is 19.8 Å². The van der Waals surface area contributed by atoms with E-state index in [4.69, 9.17) is 15.2 Å². The normalized spacial score (nSPS) is 16.8. The van der Waals surface area contributed by atoms with E-state index in [0.717, 1.165) is 48.4 Å². The number of nitrogens with two attached hydrogens (primary N) is 1. The van der Waals surface area contributed by atoms with Gasteiger partial charge in [-0.2, -0.15) is 5.10 Å². The summed E-state index contributed by atoms with van der Waals surface area (Å²) in [6, 6.07) is 6.05. The Morgan fingerprint density at radius 2 is 2.17 bits per heavy atom. The van der Waals surface area contributed by atoms with Crippen LogP contribution in [0.5, 0.6) is 5.75 Å². The van der Waals surface area contributed by atoms with Crippen LogP contribution >= 0.6 is 0 Å². The zero-order valence-corrected chi connectivity index (χ0v) is 13.9. The molecule has 1 aromatic heterocycles. The predicted molar refractivity (Wildman–Crippen MR) is 90.5 cm³/mol. The highest BCUT2D eigenvalue weighted by molar-refractivity contribution is 5.82. The Kier molecular flexibility index (Phi) is 4.84. The molecule has 1 fully saturated rings. The van der Waals surface area contributed by atoms with Gasteiger partial charge in [0.25, 0.3) is 0 Å². The van der Waals surface area contributed by atoms with Crippen LogP contribution < -0.4 is 15.8 Å². The number of hydrogen-bond donors (Lipinski definition) is 3. The largest absolute Gasteiger partial charge is 0.490 e. The minimum atomic E-state index is -0.104. The van der Waals surface area contributed by atoms with Crippen molar-refractivity contribution in [2.45, 2.75) is 44.9 Å². The first-order valence-electron chi connectivity index (χ1n) is 8.24. The molecule has 23 heavy (non-hydrogen) atoms. The number of ether oxygens (including phenoxy) is 2. The van der Waals surface area contributed by atoms with E-state index in [9.17, 15) is 0 Å². The van der Waals surface area contributed by atoms with Crippen LogP contribution in [0.2, 0.25) is 0 Å². The molecule has 1 aliphatic rings. The van der Waals surface area contributed by atoms with Crippen LogP contribution in [-0.4, -0.2) is 41.6 Å². The lowest BCUT2D eigenvalue weighted by Crippen LogP contribution is -2.45. The number of benzene rings is 1.